The van der Waals surface area contributed by atoms with Crippen molar-refractivity contribution in [2.24, 2.45) is 9.98 Å². The maximum atomic E-state index is 13.1. The lowest BCUT2D eigenvalue weighted by Crippen LogP contribution is -2.04. The van der Waals surface area contributed by atoms with Crippen LogP contribution in [-0.4, -0.2) is 11.4 Å². The van der Waals surface area contributed by atoms with Gasteiger partial charge in [0.25, 0.3) is 0 Å². The summed E-state index contributed by atoms with van der Waals surface area (Å²) in [7, 11) is 0. The van der Waals surface area contributed by atoms with Crippen molar-refractivity contribution in [2.75, 3.05) is 0 Å². The van der Waals surface area contributed by atoms with Gasteiger partial charge in [0, 0.05) is 16.7 Å². The quantitative estimate of drug-likeness (QED) is 0.166. The predicted molar refractivity (Wildman–Crippen MR) is 168 cm³/mol. The fourth-order valence-electron chi connectivity index (χ4n) is 5.86. The summed E-state index contributed by atoms with van der Waals surface area (Å²) in [5.74, 6) is 0. The third-order valence-electron chi connectivity index (χ3n) is 8.20. The second kappa shape index (κ2) is 11.4. The van der Waals surface area contributed by atoms with E-state index in [0.29, 0.717) is 67.1 Å². The Bertz CT molecular complexity index is 2180. The highest BCUT2D eigenvalue weighted by atomic mass is 19.4. The van der Waals surface area contributed by atoms with Crippen LogP contribution < -0.4 is 0 Å². The molecular formula is C37H20F6N4. The molecule has 0 bridgehead atoms. The predicted octanol–water partition coefficient (Wildman–Crippen LogP) is 10.0. The van der Waals surface area contributed by atoms with Crippen LogP contribution in [0.1, 0.15) is 40.3 Å². The number of nitrogens with zero attached hydrogens (tertiary/aromatic N) is 4. The second-order valence-corrected chi connectivity index (χ2v) is 10.9. The van der Waals surface area contributed by atoms with Crippen molar-refractivity contribution < 1.29 is 26.3 Å². The first-order valence-electron chi connectivity index (χ1n) is 14.0. The molecule has 0 saturated carbocycles. The number of nitriles is 2. The van der Waals surface area contributed by atoms with E-state index in [4.69, 9.17) is 0 Å². The Kier molecular flexibility index (Phi) is 7.53. The molecule has 0 radical (unpaired) electrons. The minimum atomic E-state index is -4.46. The number of hydrogen-bond acceptors (Lipinski definition) is 4. The molecule has 0 amide bonds. The summed E-state index contributed by atoms with van der Waals surface area (Å²) < 4.78 is 78.6. The van der Waals surface area contributed by atoms with Crippen LogP contribution in [0.2, 0.25) is 0 Å². The smallest absolute Gasteiger partial charge is 0.173 e. The van der Waals surface area contributed by atoms with E-state index >= 15 is 0 Å². The van der Waals surface area contributed by atoms with Gasteiger partial charge in [-0.25, -0.2) is 0 Å². The van der Waals surface area contributed by atoms with Crippen LogP contribution in [0.15, 0.2) is 119 Å². The molecule has 2 aliphatic rings. The number of benzene rings is 4. The third kappa shape index (κ3) is 5.55. The van der Waals surface area contributed by atoms with Gasteiger partial charge in [-0.1, -0.05) is 55.1 Å². The average Bonchev–Trinajstić information content (AvgIpc) is 3.45. The Morgan fingerprint density at radius 2 is 1.02 bits per heavy atom. The zero-order valence-corrected chi connectivity index (χ0v) is 24.4. The molecule has 4 aromatic rings. The monoisotopic (exact) mass is 634 g/mol. The van der Waals surface area contributed by atoms with E-state index in [-0.39, 0.29) is 0 Å². The van der Waals surface area contributed by atoms with Crippen LogP contribution in [0.3, 0.4) is 0 Å². The van der Waals surface area contributed by atoms with Crippen molar-refractivity contribution in [3.05, 3.63) is 142 Å². The molecule has 4 aromatic carbocycles. The van der Waals surface area contributed by atoms with E-state index < -0.39 is 23.5 Å². The molecule has 6 rings (SSSR count). The molecule has 0 aromatic heterocycles. The molecule has 2 aliphatic carbocycles. The first-order valence-corrected chi connectivity index (χ1v) is 14.0. The molecular weight excluding hydrogens is 614 g/mol. The summed E-state index contributed by atoms with van der Waals surface area (Å²) in [6.45, 7) is 5.99. The summed E-state index contributed by atoms with van der Waals surface area (Å²) in [5.41, 5.74) is 6.73. The van der Waals surface area contributed by atoms with Gasteiger partial charge in [0.05, 0.1) is 22.6 Å². The summed E-state index contributed by atoms with van der Waals surface area (Å²) >= 11 is 0. The van der Waals surface area contributed by atoms with Crippen LogP contribution >= 0.6 is 0 Å². The highest BCUT2D eigenvalue weighted by molar-refractivity contribution is 6.32. The highest BCUT2D eigenvalue weighted by Crippen LogP contribution is 2.44. The second-order valence-electron chi connectivity index (χ2n) is 10.9. The molecule has 10 heteroatoms. The molecule has 47 heavy (non-hydrogen) atoms. The molecule has 0 saturated heterocycles. The Hall–Kier alpha value is -6.00. The van der Waals surface area contributed by atoms with Gasteiger partial charge in [-0.05, 0) is 99.5 Å². The molecule has 0 spiro atoms. The van der Waals surface area contributed by atoms with Crippen molar-refractivity contribution in [1.82, 2.24) is 0 Å². The van der Waals surface area contributed by atoms with E-state index in [1.165, 1.54) is 24.3 Å². The first kappa shape index (κ1) is 31.0. The van der Waals surface area contributed by atoms with Gasteiger partial charge < -0.3 is 0 Å². The minimum Gasteiger partial charge on any atom is -0.173 e. The Morgan fingerprint density at radius 1 is 0.596 bits per heavy atom. The van der Waals surface area contributed by atoms with E-state index in [1.807, 2.05) is 18.3 Å². The standard InChI is InChI=1S/C37H20F6N4/c1-20-30(28-13-7-24(15-32(28)34(20)46-18-44)22-3-9-26(10-4-22)36(38,39)40)17-31-21(2)35(47-19-45)33-16-25(8-14-29(31)33)23-5-11-27(12-6-23)37(41,42)43/h3-17H,1H2,2H3/b30-17+,46-34+,47-35-. The average molecular weight is 635 g/mol. The summed E-state index contributed by atoms with van der Waals surface area (Å²) in [6.07, 6.45) is -3.42. The first-order chi connectivity index (χ1) is 22.3. The number of halogens is 6. The Balaban J connectivity index is 1.43. The van der Waals surface area contributed by atoms with E-state index in [0.717, 1.165) is 35.4 Å². The van der Waals surface area contributed by atoms with Crippen molar-refractivity contribution in [2.45, 2.75) is 19.3 Å². The van der Waals surface area contributed by atoms with Gasteiger partial charge in [-0.15, -0.1) is 0 Å². The van der Waals surface area contributed by atoms with Crippen molar-refractivity contribution >= 4 is 22.6 Å². The Labute approximate surface area is 265 Å². The highest BCUT2D eigenvalue weighted by Gasteiger charge is 2.33. The molecule has 0 aliphatic heterocycles. The van der Waals surface area contributed by atoms with Crippen LogP contribution in [0.4, 0.5) is 26.3 Å². The number of hydrogen-bond donors (Lipinski definition) is 0. The number of fused-ring (bicyclic) bond motifs is 2. The van der Waals surface area contributed by atoms with Crippen LogP contribution in [-0.2, 0) is 12.4 Å². The normalized spacial score (nSPS) is 16.9. The zero-order valence-electron chi connectivity index (χ0n) is 24.4. The number of aliphatic imine (C=N–C) groups is 2. The van der Waals surface area contributed by atoms with Crippen molar-refractivity contribution in [3.8, 4) is 34.6 Å². The minimum absolute atomic E-state index is 0.322. The van der Waals surface area contributed by atoms with Gasteiger partial charge in [0.2, 0.25) is 12.4 Å². The van der Waals surface area contributed by atoms with Gasteiger partial charge in [0.15, 0.2) is 0 Å². The fraction of sp³-hybridized carbons (Fsp3) is 0.0811. The van der Waals surface area contributed by atoms with Crippen LogP contribution in [0, 0.1) is 22.9 Å². The largest absolute Gasteiger partial charge is 0.416 e. The topological polar surface area (TPSA) is 72.3 Å². The molecule has 0 fully saturated rings. The number of rotatable bonds is 3. The van der Waals surface area contributed by atoms with Gasteiger partial charge in [0.1, 0.15) is 0 Å². The number of allylic oxidation sites excluding steroid dienone is 5. The van der Waals surface area contributed by atoms with E-state index in [2.05, 4.69) is 16.6 Å². The van der Waals surface area contributed by atoms with Gasteiger partial charge in [-0.3, -0.25) is 0 Å². The lowest BCUT2D eigenvalue weighted by molar-refractivity contribution is -0.138. The maximum absolute atomic E-state index is 13.1. The molecule has 0 atom stereocenters. The summed E-state index contributed by atoms with van der Waals surface area (Å²) in [5, 5.41) is 18.9. The third-order valence-corrected chi connectivity index (χ3v) is 8.20. The molecule has 4 nitrogen and oxygen atoms in total. The molecule has 0 heterocycles. The number of alkyl halides is 6. The lowest BCUT2D eigenvalue weighted by Gasteiger charge is -2.10. The SMILES string of the molecule is C=C1/C(=C\C2=C(C)C(=N/C#N)/c3cc(-c4ccc(C(F)(F)F)cc4)ccc32)c2ccc(-c3ccc(C(F)(F)F)cc3)cc2/C1=N/C#N. The molecule has 230 valence electrons. The molecule has 0 unspecified atom stereocenters. The summed E-state index contributed by atoms with van der Waals surface area (Å²) in [4.78, 5) is 8.06. The summed E-state index contributed by atoms with van der Waals surface area (Å²) in [6, 6.07) is 20.3. The van der Waals surface area contributed by atoms with Crippen molar-refractivity contribution in [3.63, 3.8) is 0 Å². The van der Waals surface area contributed by atoms with Crippen molar-refractivity contribution in [1.29, 1.82) is 10.5 Å². The maximum Gasteiger partial charge on any atom is 0.416 e. The van der Waals surface area contributed by atoms with E-state index in [9.17, 15) is 36.9 Å². The fourth-order valence-corrected chi connectivity index (χ4v) is 5.86. The van der Waals surface area contributed by atoms with Gasteiger partial charge in [-0.2, -0.15) is 46.9 Å². The lowest BCUT2D eigenvalue weighted by atomic mass is 9.95. The van der Waals surface area contributed by atoms with Crippen LogP contribution in [0.5, 0.6) is 0 Å². The van der Waals surface area contributed by atoms with Crippen LogP contribution in [0.25, 0.3) is 33.4 Å². The Morgan fingerprint density at radius 3 is 1.49 bits per heavy atom. The zero-order chi connectivity index (χ0) is 33.7. The van der Waals surface area contributed by atoms with E-state index in [1.54, 1.807) is 43.4 Å². The molecule has 0 N–H and O–H groups in total. The van der Waals surface area contributed by atoms with Gasteiger partial charge >= 0.3 is 12.4 Å².